The molecule has 3 unspecified atom stereocenters. The van der Waals surface area contributed by atoms with Crippen LogP contribution in [0.25, 0.3) is 0 Å². The Balaban J connectivity index is 2.53. The molecule has 0 aliphatic carbocycles. The van der Waals surface area contributed by atoms with E-state index < -0.39 is 0 Å². The highest BCUT2D eigenvalue weighted by Crippen LogP contribution is 2.22. The minimum atomic E-state index is 0.491. The summed E-state index contributed by atoms with van der Waals surface area (Å²) in [6, 6.07) is 1.70. The summed E-state index contributed by atoms with van der Waals surface area (Å²) in [4.78, 5) is 4.93. The van der Waals surface area contributed by atoms with Crippen molar-refractivity contribution in [1.82, 2.24) is 15.1 Å². The standard InChI is InChI=1S/C14H31N3O/c1-11(2)15-7-13(10-18-6)17-8-12(3)14(9-17)16(4)5/h11-15H,7-10H2,1-6H3. The fourth-order valence-corrected chi connectivity index (χ4v) is 2.81. The van der Waals surface area contributed by atoms with Crippen LogP contribution in [-0.4, -0.2) is 75.4 Å². The topological polar surface area (TPSA) is 27.7 Å². The third-order valence-electron chi connectivity index (χ3n) is 3.90. The van der Waals surface area contributed by atoms with Gasteiger partial charge in [-0.25, -0.2) is 0 Å². The minimum absolute atomic E-state index is 0.491. The number of rotatable bonds is 7. The van der Waals surface area contributed by atoms with Gasteiger partial charge in [-0.05, 0) is 20.0 Å². The van der Waals surface area contributed by atoms with Crippen molar-refractivity contribution in [3.63, 3.8) is 0 Å². The van der Waals surface area contributed by atoms with Gasteiger partial charge in [0.2, 0.25) is 0 Å². The molecular formula is C14H31N3O. The molecule has 1 heterocycles. The van der Waals surface area contributed by atoms with E-state index in [1.54, 1.807) is 7.11 Å². The molecule has 0 amide bonds. The summed E-state index contributed by atoms with van der Waals surface area (Å²) in [5.41, 5.74) is 0. The van der Waals surface area contributed by atoms with Gasteiger partial charge in [0.25, 0.3) is 0 Å². The summed E-state index contributed by atoms with van der Waals surface area (Å²) < 4.78 is 5.38. The van der Waals surface area contributed by atoms with Gasteiger partial charge in [0.15, 0.2) is 0 Å². The fraction of sp³-hybridized carbons (Fsp3) is 1.00. The van der Waals surface area contributed by atoms with E-state index in [-0.39, 0.29) is 0 Å². The zero-order valence-electron chi connectivity index (χ0n) is 12.9. The van der Waals surface area contributed by atoms with Gasteiger partial charge in [0.1, 0.15) is 0 Å². The zero-order valence-corrected chi connectivity index (χ0v) is 12.9. The number of likely N-dealkylation sites (tertiary alicyclic amines) is 1. The number of ether oxygens (including phenoxy) is 1. The molecule has 4 heteroatoms. The molecule has 1 fully saturated rings. The van der Waals surface area contributed by atoms with E-state index >= 15 is 0 Å². The third-order valence-corrected chi connectivity index (χ3v) is 3.90. The van der Waals surface area contributed by atoms with Crippen LogP contribution >= 0.6 is 0 Å². The molecule has 0 saturated carbocycles. The molecule has 1 rings (SSSR count). The Morgan fingerprint density at radius 1 is 1.33 bits per heavy atom. The first-order chi connectivity index (χ1) is 8.45. The summed E-state index contributed by atoms with van der Waals surface area (Å²) in [7, 11) is 6.16. The van der Waals surface area contributed by atoms with Crippen LogP contribution in [0.5, 0.6) is 0 Å². The van der Waals surface area contributed by atoms with E-state index in [0.717, 1.165) is 25.6 Å². The van der Waals surface area contributed by atoms with Gasteiger partial charge in [-0.1, -0.05) is 20.8 Å². The highest BCUT2D eigenvalue weighted by molar-refractivity contribution is 4.90. The Labute approximate surface area is 113 Å². The smallest absolute Gasteiger partial charge is 0.0630 e. The van der Waals surface area contributed by atoms with Crippen LogP contribution in [0.3, 0.4) is 0 Å². The molecule has 3 atom stereocenters. The molecular weight excluding hydrogens is 226 g/mol. The van der Waals surface area contributed by atoms with E-state index in [1.165, 1.54) is 6.54 Å². The van der Waals surface area contributed by atoms with Crippen LogP contribution < -0.4 is 5.32 Å². The monoisotopic (exact) mass is 257 g/mol. The molecule has 0 bridgehead atoms. The first kappa shape index (κ1) is 15.9. The van der Waals surface area contributed by atoms with E-state index in [1.807, 2.05) is 0 Å². The second-order valence-corrected chi connectivity index (χ2v) is 6.13. The quantitative estimate of drug-likeness (QED) is 0.733. The summed E-state index contributed by atoms with van der Waals surface area (Å²) >= 11 is 0. The predicted octanol–water partition coefficient (Wildman–Crippen LogP) is 0.881. The SMILES string of the molecule is COCC(CNC(C)C)N1CC(C)C(N(C)C)C1. The molecule has 1 saturated heterocycles. The minimum Gasteiger partial charge on any atom is -0.383 e. The largest absolute Gasteiger partial charge is 0.383 e. The van der Waals surface area contributed by atoms with Crippen molar-refractivity contribution >= 4 is 0 Å². The summed E-state index contributed by atoms with van der Waals surface area (Å²) in [5, 5.41) is 3.53. The van der Waals surface area contributed by atoms with Crippen LogP contribution in [0, 0.1) is 5.92 Å². The lowest BCUT2D eigenvalue weighted by Crippen LogP contribution is -2.46. The van der Waals surface area contributed by atoms with Crippen molar-refractivity contribution in [1.29, 1.82) is 0 Å². The maximum Gasteiger partial charge on any atom is 0.0630 e. The van der Waals surface area contributed by atoms with Gasteiger partial charge >= 0.3 is 0 Å². The van der Waals surface area contributed by atoms with Gasteiger partial charge in [0, 0.05) is 44.9 Å². The highest BCUT2D eigenvalue weighted by Gasteiger charge is 2.34. The molecule has 1 aliphatic rings. The molecule has 0 spiro atoms. The lowest BCUT2D eigenvalue weighted by atomic mass is 10.1. The number of hydrogen-bond acceptors (Lipinski definition) is 4. The first-order valence-electron chi connectivity index (χ1n) is 7.08. The molecule has 18 heavy (non-hydrogen) atoms. The molecule has 1 aliphatic heterocycles. The third kappa shape index (κ3) is 4.50. The lowest BCUT2D eigenvalue weighted by molar-refractivity contribution is 0.0981. The second kappa shape index (κ2) is 7.43. The van der Waals surface area contributed by atoms with Crippen LogP contribution in [0.2, 0.25) is 0 Å². The number of hydrogen-bond donors (Lipinski definition) is 1. The Kier molecular flexibility index (Phi) is 6.57. The molecule has 0 radical (unpaired) electrons. The molecule has 0 aromatic carbocycles. The Bertz CT molecular complexity index is 233. The summed E-state index contributed by atoms with van der Waals surface area (Å²) in [5.74, 6) is 0.735. The average molecular weight is 257 g/mol. The maximum absolute atomic E-state index is 5.38. The molecule has 0 aromatic rings. The number of likely N-dealkylation sites (N-methyl/N-ethyl adjacent to an activating group) is 1. The molecule has 108 valence electrons. The second-order valence-electron chi connectivity index (χ2n) is 6.13. The van der Waals surface area contributed by atoms with Crippen molar-refractivity contribution in [3.8, 4) is 0 Å². The van der Waals surface area contributed by atoms with Crippen LogP contribution in [0.1, 0.15) is 20.8 Å². The zero-order chi connectivity index (χ0) is 13.7. The van der Waals surface area contributed by atoms with Gasteiger partial charge in [-0.3, -0.25) is 4.90 Å². The Morgan fingerprint density at radius 3 is 2.44 bits per heavy atom. The van der Waals surface area contributed by atoms with Crippen molar-refractivity contribution in [2.75, 3.05) is 47.4 Å². The van der Waals surface area contributed by atoms with Gasteiger partial charge in [0.05, 0.1) is 6.61 Å². The number of methoxy groups -OCH3 is 1. The number of nitrogens with zero attached hydrogens (tertiary/aromatic N) is 2. The van der Waals surface area contributed by atoms with Gasteiger partial charge in [-0.15, -0.1) is 0 Å². The maximum atomic E-state index is 5.38. The van der Waals surface area contributed by atoms with E-state index in [0.29, 0.717) is 18.1 Å². The predicted molar refractivity (Wildman–Crippen MR) is 77.0 cm³/mol. The summed E-state index contributed by atoms with van der Waals surface area (Å²) in [6.45, 7) is 10.9. The molecule has 1 N–H and O–H groups in total. The number of nitrogens with one attached hydrogen (secondary N) is 1. The van der Waals surface area contributed by atoms with Crippen molar-refractivity contribution in [3.05, 3.63) is 0 Å². The van der Waals surface area contributed by atoms with Crippen LogP contribution in [0.15, 0.2) is 0 Å². The Hall–Kier alpha value is -0.160. The molecule has 0 aromatic heterocycles. The van der Waals surface area contributed by atoms with E-state index in [9.17, 15) is 0 Å². The van der Waals surface area contributed by atoms with Gasteiger partial charge < -0.3 is 15.0 Å². The normalized spacial score (nSPS) is 27.3. The lowest BCUT2D eigenvalue weighted by Gasteiger charge is -2.29. The van der Waals surface area contributed by atoms with E-state index in [4.69, 9.17) is 4.74 Å². The van der Waals surface area contributed by atoms with Crippen molar-refractivity contribution < 1.29 is 4.74 Å². The van der Waals surface area contributed by atoms with Crippen LogP contribution in [0.4, 0.5) is 0 Å². The van der Waals surface area contributed by atoms with Crippen molar-refractivity contribution in [2.24, 2.45) is 5.92 Å². The van der Waals surface area contributed by atoms with Crippen molar-refractivity contribution in [2.45, 2.75) is 38.9 Å². The van der Waals surface area contributed by atoms with Crippen LogP contribution in [-0.2, 0) is 4.74 Å². The Morgan fingerprint density at radius 2 is 2.00 bits per heavy atom. The molecule has 4 nitrogen and oxygen atoms in total. The fourth-order valence-electron chi connectivity index (χ4n) is 2.81. The van der Waals surface area contributed by atoms with E-state index in [2.05, 4.69) is 50.0 Å². The average Bonchev–Trinajstić information content (AvgIpc) is 2.66. The summed E-state index contributed by atoms with van der Waals surface area (Å²) in [6.07, 6.45) is 0. The highest BCUT2D eigenvalue weighted by atomic mass is 16.5. The van der Waals surface area contributed by atoms with Gasteiger partial charge in [-0.2, -0.15) is 0 Å². The first-order valence-corrected chi connectivity index (χ1v) is 7.08.